The van der Waals surface area contributed by atoms with Crippen LogP contribution in [0.3, 0.4) is 0 Å². The van der Waals surface area contributed by atoms with Crippen LogP contribution in [0.15, 0.2) is 84.0 Å². The number of rotatable bonds is 8. The van der Waals surface area contributed by atoms with E-state index in [1.165, 1.54) is 24.5 Å². The third-order valence-corrected chi connectivity index (χ3v) is 7.91. The molecule has 0 radical (unpaired) electrons. The van der Waals surface area contributed by atoms with E-state index < -0.39 is 25.1 Å². The van der Waals surface area contributed by atoms with E-state index in [0.717, 1.165) is 5.56 Å². The van der Waals surface area contributed by atoms with E-state index in [0.29, 0.717) is 11.1 Å². The summed E-state index contributed by atoms with van der Waals surface area (Å²) in [5.41, 5.74) is 2.09. The van der Waals surface area contributed by atoms with Crippen LogP contribution in [0.2, 0.25) is 0 Å². The van der Waals surface area contributed by atoms with Gasteiger partial charge in [-0.1, -0.05) is 54.1 Å². The summed E-state index contributed by atoms with van der Waals surface area (Å²) in [6.45, 7) is 1.64. The third-order valence-electron chi connectivity index (χ3n) is 4.47. The Labute approximate surface area is 171 Å². The summed E-state index contributed by atoms with van der Waals surface area (Å²) in [5, 5.41) is -1.09. The molecule has 8 heteroatoms. The molecule has 0 unspecified atom stereocenters. The number of benzene rings is 2. The van der Waals surface area contributed by atoms with Crippen molar-refractivity contribution < 1.29 is 16.8 Å². The van der Waals surface area contributed by atoms with Gasteiger partial charge in [-0.25, -0.2) is 21.6 Å². The highest BCUT2D eigenvalue weighted by atomic mass is 32.2. The maximum Gasteiger partial charge on any atom is 0.215 e. The van der Waals surface area contributed by atoms with Gasteiger partial charge in [-0.2, -0.15) is 0 Å². The van der Waals surface area contributed by atoms with Gasteiger partial charge in [0.2, 0.25) is 10.0 Å². The van der Waals surface area contributed by atoms with Gasteiger partial charge >= 0.3 is 0 Å². The van der Waals surface area contributed by atoms with E-state index in [4.69, 9.17) is 0 Å². The summed E-state index contributed by atoms with van der Waals surface area (Å²) < 4.78 is 54.0. The second-order valence-corrected chi connectivity index (χ2v) is 10.7. The van der Waals surface area contributed by atoms with Gasteiger partial charge in [0.25, 0.3) is 0 Å². The molecular weight excluding hydrogens is 408 g/mol. The second-order valence-electron chi connectivity index (χ2n) is 6.73. The highest BCUT2D eigenvalue weighted by Gasteiger charge is 2.30. The highest BCUT2D eigenvalue weighted by Crippen LogP contribution is 2.28. The van der Waals surface area contributed by atoms with E-state index in [1.807, 2.05) is 19.1 Å². The lowest BCUT2D eigenvalue weighted by Gasteiger charge is -2.19. The molecule has 1 N–H and O–H groups in total. The molecule has 2 aromatic carbocycles. The molecule has 0 aliphatic heterocycles. The molecule has 0 aliphatic rings. The summed E-state index contributed by atoms with van der Waals surface area (Å²) in [6, 6.07) is 18.4. The van der Waals surface area contributed by atoms with Crippen LogP contribution in [0.25, 0.3) is 0 Å². The summed E-state index contributed by atoms with van der Waals surface area (Å²) >= 11 is 0. The predicted molar refractivity (Wildman–Crippen MR) is 112 cm³/mol. The Morgan fingerprint density at radius 3 is 2.21 bits per heavy atom. The molecule has 1 atom stereocenters. The van der Waals surface area contributed by atoms with Crippen LogP contribution in [-0.2, 0) is 25.6 Å². The molecule has 0 bridgehead atoms. The standard InChI is InChI=1S/C21H22N2O4S2/c1-17-9-11-18(12-10-17)16-28(24,25)23-15-21(19-6-5-13-22-14-19)29(26,27)20-7-3-2-4-8-20/h2-14,21,23H,15-16H2,1H3/t21-/m0/s1. The molecule has 152 valence electrons. The van der Waals surface area contributed by atoms with Gasteiger partial charge in [0.1, 0.15) is 5.25 Å². The minimum atomic E-state index is -3.82. The topological polar surface area (TPSA) is 93.2 Å². The van der Waals surface area contributed by atoms with E-state index in [9.17, 15) is 16.8 Å². The second kappa shape index (κ2) is 8.86. The first kappa shape index (κ1) is 21.2. The fourth-order valence-electron chi connectivity index (χ4n) is 2.90. The molecule has 3 rings (SSSR count). The summed E-state index contributed by atoms with van der Waals surface area (Å²) in [7, 11) is -7.55. The molecule has 0 saturated heterocycles. The van der Waals surface area contributed by atoms with E-state index in [-0.39, 0.29) is 17.2 Å². The van der Waals surface area contributed by atoms with Crippen molar-refractivity contribution in [1.82, 2.24) is 9.71 Å². The number of sulfonamides is 1. The average molecular weight is 431 g/mol. The molecule has 29 heavy (non-hydrogen) atoms. The van der Waals surface area contributed by atoms with Crippen LogP contribution in [0, 0.1) is 6.92 Å². The molecular formula is C21H22N2O4S2. The molecule has 6 nitrogen and oxygen atoms in total. The largest absolute Gasteiger partial charge is 0.264 e. The van der Waals surface area contributed by atoms with E-state index >= 15 is 0 Å². The summed E-state index contributed by atoms with van der Waals surface area (Å²) in [5.74, 6) is -0.224. The van der Waals surface area contributed by atoms with Crippen LogP contribution in [-0.4, -0.2) is 28.4 Å². The Morgan fingerprint density at radius 2 is 1.59 bits per heavy atom. The highest BCUT2D eigenvalue weighted by molar-refractivity contribution is 7.92. The van der Waals surface area contributed by atoms with Crippen molar-refractivity contribution in [3.8, 4) is 0 Å². The Hall–Kier alpha value is -2.55. The van der Waals surface area contributed by atoms with Gasteiger partial charge in [0.05, 0.1) is 10.6 Å². The minimum absolute atomic E-state index is 0.131. The van der Waals surface area contributed by atoms with Crippen LogP contribution in [0.4, 0.5) is 0 Å². The van der Waals surface area contributed by atoms with Crippen LogP contribution < -0.4 is 4.72 Å². The number of aromatic nitrogens is 1. The maximum atomic E-state index is 13.2. The summed E-state index contributed by atoms with van der Waals surface area (Å²) in [6.07, 6.45) is 2.98. The number of hydrogen-bond donors (Lipinski definition) is 1. The van der Waals surface area contributed by atoms with Crippen molar-refractivity contribution in [2.24, 2.45) is 0 Å². The van der Waals surface area contributed by atoms with Crippen LogP contribution in [0.1, 0.15) is 21.9 Å². The number of sulfone groups is 1. The van der Waals surface area contributed by atoms with Gasteiger partial charge < -0.3 is 0 Å². The van der Waals surface area contributed by atoms with Crippen molar-refractivity contribution in [3.05, 3.63) is 95.8 Å². The molecule has 0 spiro atoms. The lowest BCUT2D eigenvalue weighted by atomic mass is 10.2. The third kappa shape index (κ3) is 5.50. The zero-order valence-electron chi connectivity index (χ0n) is 15.9. The zero-order valence-corrected chi connectivity index (χ0v) is 17.5. The van der Waals surface area contributed by atoms with Crippen LogP contribution in [0.5, 0.6) is 0 Å². The number of nitrogens with zero attached hydrogens (tertiary/aromatic N) is 1. The first-order valence-electron chi connectivity index (χ1n) is 9.00. The van der Waals surface area contributed by atoms with Crippen molar-refractivity contribution in [3.63, 3.8) is 0 Å². The minimum Gasteiger partial charge on any atom is -0.264 e. The quantitative estimate of drug-likeness (QED) is 0.593. The smallest absolute Gasteiger partial charge is 0.215 e. The molecule has 1 heterocycles. The normalized spacial score (nSPS) is 13.1. The molecule has 0 fully saturated rings. The fourth-order valence-corrected chi connectivity index (χ4v) is 5.83. The number of nitrogens with one attached hydrogen (secondary N) is 1. The van der Waals surface area contributed by atoms with Crippen molar-refractivity contribution in [2.45, 2.75) is 22.8 Å². The van der Waals surface area contributed by atoms with Gasteiger partial charge in [-0.15, -0.1) is 0 Å². The maximum absolute atomic E-state index is 13.2. The number of aryl methyl sites for hydroxylation is 1. The van der Waals surface area contributed by atoms with Gasteiger partial charge in [-0.3, -0.25) is 4.98 Å². The monoisotopic (exact) mass is 430 g/mol. The lowest BCUT2D eigenvalue weighted by molar-refractivity contribution is 0.568. The molecule has 0 aliphatic carbocycles. The number of hydrogen-bond acceptors (Lipinski definition) is 5. The fraction of sp³-hybridized carbons (Fsp3) is 0.190. The van der Waals surface area contributed by atoms with Crippen LogP contribution >= 0.6 is 0 Å². The van der Waals surface area contributed by atoms with Crippen molar-refractivity contribution in [2.75, 3.05) is 6.54 Å². The Bertz CT molecular complexity index is 1150. The summed E-state index contributed by atoms with van der Waals surface area (Å²) in [4.78, 5) is 4.12. The van der Waals surface area contributed by atoms with Crippen molar-refractivity contribution in [1.29, 1.82) is 0 Å². The molecule has 3 aromatic rings. The Balaban J connectivity index is 1.85. The molecule has 1 aromatic heterocycles. The molecule has 0 amide bonds. The Morgan fingerprint density at radius 1 is 0.897 bits per heavy atom. The Kier molecular flexibility index (Phi) is 6.46. The zero-order chi connectivity index (χ0) is 20.9. The molecule has 0 saturated carbocycles. The van der Waals surface area contributed by atoms with Gasteiger partial charge in [0, 0.05) is 18.9 Å². The van der Waals surface area contributed by atoms with E-state index in [1.54, 1.807) is 42.5 Å². The van der Waals surface area contributed by atoms with E-state index in [2.05, 4.69) is 9.71 Å². The van der Waals surface area contributed by atoms with Crippen molar-refractivity contribution >= 4 is 19.9 Å². The number of pyridine rings is 1. The SMILES string of the molecule is Cc1ccc(CS(=O)(=O)NC[C@@H](c2cccnc2)S(=O)(=O)c2ccccc2)cc1. The van der Waals surface area contributed by atoms with Gasteiger partial charge in [0.15, 0.2) is 9.84 Å². The first-order chi connectivity index (χ1) is 13.8. The average Bonchev–Trinajstić information content (AvgIpc) is 2.71. The predicted octanol–water partition coefficient (Wildman–Crippen LogP) is 3.02. The van der Waals surface area contributed by atoms with Gasteiger partial charge in [-0.05, 0) is 36.2 Å². The lowest BCUT2D eigenvalue weighted by Crippen LogP contribution is -2.32. The first-order valence-corrected chi connectivity index (χ1v) is 12.2.